The molecule has 0 aromatic heterocycles. The quantitative estimate of drug-likeness (QED) is 0.586. The van der Waals surface area contributed by atoms with E-state index in [1.807, 2.05) is 0 Å². The molecule has 19 heavy (non-hydrogen) atoms. The highest BCUT2D eigenvalue weighted by Crippen LogP contribution is 2.24. The molecule has 98 valence electrons. The lowest BCUT2D eigenvalue weighted by atomic mass is 10.2. The second kappa shape index (κ2) is 5.27. The molecule has 2 aromatic rings. The molecular formula is C13H10BrFN2O2. The number of halogens is 2. The fourth-order valence-corrected chi connectivity index (χ4v) is 1.89. The molecule has 0 heterocycles. The molecule has 0 saturated carbocycles. The molecule has 2 rings (SSSR count). The average molecular weight is 325 g/mol. The van der Waals surface area contributed by atoms with Crippen LogP contribution < -0.4 is 11.1 Å². The number of rotatable bonds is 2. The molecule has 0 unspecified atom stereocenters. The van der Waals surface area contributed by atoms with Gasteiger partial charge in [-0.05, 0) is 30.3 Å². The fourth-order valence-electron chi connectivity index (χ4n) is 1.53. The molecule has 0 aliphatic carbocycles. The van der Waals surface area contributed by atoms with Gasteiger partial charge in [-0.3, -0.25) is 4.79 Å². The number of anilines is 2. The molecule has 0 aliphatic rings. The van der Waals surface area contributed by atoms with Crippen LogP contribution in [0.1, 0.15) is 10.4 Å². The number of carbonyl (C=O) groups excluding carboxylic acids is 1. The average Bonchev–Trinajstić information content (AvgIpc) is 2.35. The predicted molar refractivity (Wildman–Crippen MR) is 74.6 cm³/mol. The van der Waals surface area contributed by atoms with Crippen LogP contribution in [0, 0.1) is 5.82 Å². The van der Waals surface area contributed by atoms with Crippen molar-refractivity contribution in [3.8, 4) is 5.75 Å². The van der Waals surface area contributed by atoms with Crippen LogP contribution in [0.5, 0.6) is 5.75 Å². The lowest BCUT2D eigenvalue weighted by Gasteiger charge is -2.09. The SMILES string of the molecule is Nc1cc(O)ccc1NC(=O)c1cc(Br)ccc1F. The lowest BCUT2D eigenvalue weighted by Crippen LogP contribution is -2.14. The third-order valence-corrected chi connectivity index (χ3v) is 2.95. The van der Waals surface area contributed by atoms with Crippen LogP contribution in [-0.2, 0) is 0 Å². The number of hydrogen-bond donors (Lipinski definition) is 3. The van der Waals surface area contributed by atoms with Crippen molar-refractivity contribution in [2.24, 2.45) is 0 Å². The van der Waals surface area contributed by atoms with Gasteiger partial charge in [0, 0.05) is 10.5 Å². The van der Waals surface area contributed by atoms with Gasteiger partial charge in [0.2, 0.25) is 0 Å². The molecule has 0 aliphatic heterocycles. The van der Waals surface area contributed by atoms with Gasteiger partial charge in [0.1, 0.15) is 11.6 Å². The minimum absolute atomic E-state index is 0.0101. The molecule has 4 N–H and O–H groups in total. The number of amides is 1. The number of phenolic OH excluding ortho intramolecular Hbond substituents is 1. The Labute approximate surface area is 117 Å². The van der Waals surface area contributed by atoms with Crippen molar-refractivity contribution < 1.29 is 14.3 Å². The normalized spacial score (nSPS) is 10.2. The molecule has 0 atom stereocenters. The molecule has 0 spiro atoms. The minimum atomic E-state index is -0.627. The molecular weight excluding hydrogens is 315 g/mol. The third kappa shape index (κ3) is 3.03. The van der Waals surface area contributed by atoms with Crippen molar-refractivity contribution in [3.05, 3.63) is 52.3 Å². The zero-order valence-electron chi connectivity index (χ0n) is 9.65. The summed E-state index contributed by atoms with van der Waals surface area (Å²) in [5.74, 6) is -1.25. The second-order valence-electron chi connectivity index (χ2n) is 3.85. The van der Waals surface area contributed by atoms with Gasteiger partial charge in [-0.15, -0.1) is 0 Å². The van der Waals surface area contributed by atoms with Gasteiger partial charge >= 0.3 is 0 Å². The predicted octanol–water partition coefficient (Wildman–Crippen LogP) is 3.13. The maximum atomic E-state index is 13.5. The van der Waals surface area contributed by atoms with Crippen molar-refractivity contribution in [3.63, 3.8) is 0 Å². The first-order valence-corrected chi connectivity index (χ1v) is 6.11. The Morgan fingerprint density at radius 2 is 2.00 bits per heavy atom. The van der Waals surface area contributed by atoms with E-state index in [0.717, 1.165) is 0 Å². The van der Waals surface area contributed by atoms with Crippen molar-refractivity contribution in [2.75, 3.05) is 11.1 Å². The molecule has 0 saturated heterocycles. The summed E-state index contributed by atoms with van der Waals surface area (Å²) >= 11 is 3.17. The standard InChI is InChI=1S/C13H10BrFN2O2/c14-7-1-3-10(15)9(5-7)13(19)17-12-4-2-8(18)6-11(12)16/h1-6,18H,16H2,(H,17,19). The summed E-state index contributed by atoms with van der Waals surface area (Å²) in [5.41, 5.74) is 6.05. The number of benzene rings is 2. The Morgan fingerprint density at radius 3 is 2.68 bits per heavy atom. The lowest BCUT2D eigenvalue weighted by molar-refractivity contribution is 0.102. The van der Waals surface area contributed by atoms with E-state index in [0.29, 0.717) is 10.2 Å². The largest absolute Gasteiger partial charge is 0.508 e. The summed E-state index contributed by atoms with van der Waals surface area (Å²) in [4.78, 5) is 11.9. The Morgan fingerprint density at radius 1 is 1.26 bits per heavy atom. The van der Waals surface area contributed by atoms with Crippen LogP contribution >= 0.6 is 15.9 Å². The van der Waals surface area contributed by atoms with Crippen LogP contribution in [0.15, 0.2) is 40.9 Å². The Bertz CT molecular complexity index is 647. The van der Waals surface area contributed by atoms with Crippen molar-refractivity contribution in [1.29, 1.82) is 0 Å². The number of nitrogen functional groups attached to an aromatic ring is 1. The van der Waals surface area contributed by atoms with Gasteiger partial charge in [0.15, 0.2) is 0 Å². The monoisotopic (exact) mass is 324 g/mol. The summed E-state index contributed by atoms with van der Waals surface area (Å²) in [6, 6.07) is 8.19. The van der Waals surface area contributed by atoms with E-state index in [1.165, 1.54) is 36.4 Å². The number of hydrogen-bond acceptors (Lipinski definition) is 3. The van der Waals surface area contributed by atoms with Gasteiger partial charge in [-0.1, -0.05) is 15.9 Å². The zero-order valence-corrected chi connectivity index (χ0v) is 11.2. The molecule has 4 nitrogen and oxygen atoms in total. The maximum Gasteiger partial charge on any atom is 0.258 e. The van der Waals surface area contributed by atoms with Gasteiger partial charge < -0.3 is 16.2 Å². The Kier molecular flexibility index (Phi) is 3.71. The van der Waals surface area contributed by atoms with Crippen LogP contribution in [0.2, 0.25) is 0 Å². The van der Waals surface area contributed by atoms with Crippen molar-refractivity contribution in [1.82, 2.24) is 0 Å². The fraction of sp³-hybridized carbons (Fsp3) is 0. The third-order valence-electron chi connectivity index (χ3n) is 2.46. The summed E-state index contributed by atoms with van der Waals surface area (Å²) in [5, 5.41) is 11.7. The van der Waals surface area contributed by atoms with E-state index >= 15 is 0 Å². The minimum Gasteiger partial charge on any atom is -0.508 e. The first-order valence-electron chi connectivity index (χ1n) is 5.32. The van der Waals surface area contributed by atoms with Gasteiger partial charge in [-0.2, -0.15) is 0 Å². The van der Waals surface area contributed by atoms with E-state index < -0.39 is 11.7 Å². The summed E-state index contributed by atoms with van der Waals surface area (Å²) < 4.78 is 14.1. The van der Waals surface area contributed by atoms with Crippen LogP contribution in [0.4, 0.5) is 15.8 Å². The molecule has 0 fully saturated rings. The molecule has 0 bridgehead atoms. The number of phenols is 1. The van der Waals surface area contributed by atoms with Gasteiger partial charge in [0.25, 0.3) is 5.91 Å². The Hall–Kier alpha value is -2.08. The highest BCUT2D eigenvalue weighted by Gasteiger charge is 2.13. The smallest absolute Gasteiger partial charge is 0.258 e. The first-order chi connectivity index (χ1) is 8.97. The second-order valence-corrected chi connectivity index (χ2v) is 4.77. The topological polar surface area (TPSA) is 75.3 Å². The summed E-state index contributed by atoms with van der Waals surface area (Å²) in [6.07, 6.45) is 0. The number of carbonyl (C=O) groups is 1. The highest BCUT2D eigenvalue weighted by molar-refractivity contribution is 9.10. The molecule has 1 amide bonds. The van der Waals surface area contributed by atoms with E-state index in [9.17, 15) is 14.3 Å². The van der Waals surface area contributed by atoms with Crippen LogP contribution in [0.25, 0.3) is 0 Å². The molecule has 0 radical (unpaired) electrons. The van der Waals surface area contributed by atoms with Crippen LogP contribution in [0.3, 0.4) is 0 Å². The van der Waals surface area contributed by atoms with Crippen molar-refractivity contribution >= 4 is 33.2 Å². The van der Waals surface area contributed by atoms with Crippen molar-refractivity contribution in [2.45, 2.75) is 0 Å². The van der Waals surface area contributed by atoms with Gasteiger partial charge in [0.05, 0.1) is 16.9 Å². The van der Waals surface area contributed by atoms with E-state index in [2.05, 4.69) is 21.2 Å². The summed E-state index contributed by atoms with van der Waals surface area (Å²) in [6.45, 7) is 0. The zero-order chi connectivity index (χ0) is 14.0. The first kappa shape index (κ1) is 13.4. The highest BCUT2D eigenvalue weighted by atomic mass is 79.9. The Balaban J connectivity index is 2.28. The molecule has 6 heteroatoms. The van der Waals surface area contributed by atoms with Crippen LogP contribution in [-0.4, -0.2) is 11.0 Å². The summed E-state index contributed by atoms with van der Waals surface area (Å²) in [7, 11) is 0. The number of aromatic hydroxyl groups is 1. The number of nitrogens with one attached hydrogen (secondary N) is 1. The van der Waals surface area contributed by atoms with Gasteiger partial charge in [-0.25, -0.2) is 4.39 Å². The van der Waals surface area contributed by atoms with E-state index in [1.54, 1.807) is 0 Å². The van der Waals surface area contributed by atoms with E-state index in [4.69, 9.17) is 5.73 Å². The number of nitrogens with two attached hydrogens (primary N) is 1. The maximum absolute atomic E-state index is 13.5. The van der Waals surface area contributed by atoms with E-state index in [-0.39, 0.29) is 17.0 Å². The molecule has 2 aromatic carbocycles.